The van der Waals surface area contributed by atoms with Crippen molar-refractivity contribution in [3.63, 3.8) is 0 Å². The standard InChI is InChI=1S/C17H16Cl2FN3O2/c1-23(9-16(24)21-13-5-3-12(20)4-6-13)10-17(25)22-15-8-11(18)2-7-14(15)19/h2-8H,9-10H2,1H3,(H,21,24)(H,22,25). The van der Waals surface area contributed by atoms with Crippen molar-refractivity contribution in [1.82, 2.24) is 4.90 Å². The zero-order valence-electron chi connectivity index (χ0n) is 13.4. The van der Waals surface area contributed by atoms with Gasteiger partial charge < -0.3 is 10.6 Å². The number of rotatable bonds is 6. The molecule has 0 unspecified atom stereocenters. The number of halogens is 3. The molecule has 25 heavy (non-hydrogen) atoms. The molecule has 0 atom stereocenters. The molecule has 0 radical (unpaired) electrons. The molecule has 0 aliphatic heterocycles. The molecule has 2 aromatic carbocycles. The van der Waals surface area contributed by atoms with Gasteiger partial charge in [0.25, 0.3) is 0 Å². The smallest absolute Gasteiger partial charge is 0.238 e. The highest BCUT2D eigenvalue weighted by Crippen LogP contribution is 2.25. The van der Waals surface area contributed by atoms with Crippen LogP contribution < -0.4 is 10.6 Å². The van der Waals surface area contributed by atoms with Crippen LogP contribution >= 0.6 is 23.2 Å². The van der Waals surface area contributed by atoms with Crippen molar-refractivity contribution in [2.24, 2.45) is 0 Å². The summed E-state index contributed by atoms with van der Waals surface area (Å²) in [5, 5.41) is 6.08. The first-order valence-corrected chi connectivity index (χ1v) is 8.08. The lowest BCUT2D eigenvalue weighted by Crippen LogP contribution is -2.36. The molecule has 2 amide bonds. The van der Waals surface area contributed by atoms with Crippen LogP contribution in [0.3, 0.4) is 0 Å². The highest BCUT2D eigenvalue weighted by molar-refractivity contribution is 6.35. The average molecular weight is 384 g/mol. The summed E-state index contributed by atoms with van der Waals surface area (Å²) >= 11 is 11.8. The quantitative estimate of drug-likeness (QED) is 0.800. The highest BCUT2D eigenvalue weighted by atomic mass is 35.5. The fraction of sp³-hybridized carbons (Fsp3) is 0.176. The van der Waals surface area contributed by atoms with Gasteiger partial charge in [-0.2, -0.15) is 0 Å². The molecule has 0 bridgehead atoms. The number of anilines is 2. The minimum absolute atomic E-state index is 0.00588. The number of hydrogen-bond acceptors (Lipinski definition) is 3. The third-order valence-corrected chi connectivity index (χ3v) is 3.72. The van der Waals surface area contributed by atoms with Crippen LogP contribution in [-0.2, 0) is 9.59 Å². The summed E-state index contributed by atoms with van der Waals surface area (Å²) < 4.78 is 12.8. The van der Waals surface area contributed by atoms with E-state index in [1.54, 1.807) is 25.2 Å². The van der Waals surface area contributed by atoms with E-state index >= 15 is 0 Å². The second kappa shape index (κ2) is 8.80. The molecule has 0 heterocycles. The van der Waals surface area contributed by atoms with Crippen LogP contribution in [0.4, 0.5) is 15.8 Å². The van der Waals surface area contributed by atoms with E-state index in [2.05, 4.69) is 10.6 Å². The Morgan fingerprint density at radius 3 is 2.24 bits per heavy atom. The van der Waals surface area contributed by atoms with Crippen LogP contribution in [-0.4, -0.2) is 36.9 Å². The first-order chi connectivity index (χ1) is 11.8. The first-order valence-electron chi connectivity index (χ1n) is 7.32. The molecule has 5 nitrogen and oxygen atoms in total. The van der Waals surface area contributed by atoms with Crippen molar-refractivity contribution >= 4 is 46.4 Å². The van der Waals surface area contributed by atoms with Gasteiger partial charge in [-0.1, -0.05) is 23.2 Å². The largest absolute Gasteiger partial charge is 0.325 e. The van der Waals surface area contributed by atoms with Gasteiger partial charge in [0.05, 0.1) is 23.8 Å². The molecule has 0 spiro atoms. The highest BCUT2D eigenvalue weighted by Gasteiger charge is 2.12. The van der Waals surface area contributed by atoms with Gasteiger partial charge in [0, 0.05) is 10.7 Å². The molecule has 2 N–H and O–H groups in total. The minimum atomic E-state index is -0.383. The molecule has 2 rings (SSSR count). The number of hydrogen-bond donors (Lipinski definition) is 2. The van der Waals surface area contributed by atoms with Crippen LogP contribution in [0.5, 0.6) is 0 Å². The van der Waals surface area contributed by atoms with E-state index in [0.717, 1.165) is 0 Å². The monoisotopic (exact) mass is 383 g/mol. The summed E-state index contributed by atoms with van der Waals surface area (Å²) in [6, 6.07) is 10.2. The van der Waals surface area contributed by atoms with Gasteiger partial charge in [0.1, 0.15) is 5.82 Å². The lowest BCUT2D eigenvalue weighted by Gasteiger charge is -2.16. The molecule has 0 fully saturated rings. The number of carbonyl (C=O) groups is 2. The summed E-state index contributed by atoms with van der Waals surface area (Å²) in [5.41, 5.74) is 0.887. The number of amides is 2. The third kappa shape index (κ3) is 6.34. The fourth-order valence-electron chi connectivity index (χ4n) is 2.06. The Hall–Kier alpha value is -2.15. The average Bonchev–Trinajstić information content (AvgIpc) is 2.52. The van der Waals surface area contributed by atoms with E-state index in [4.69, 9.17) is 23.2 Å². The Balaban J connectivity index is 1.83. The van der Waals surface area contributed by atoms with E-state index in [0.29, 0.717) is 21.4 Å². The van der Waals surface area contributed by atoms with Crippen LogP contribution in [0, 0.1) is 5.82 Å². The number of nitrogens with one attached hydrogen (secondary N) is 2. The normalized spacial score (nSPS) is 10.6. The number of carbonyl (C=O) groups excluding carboxylic acids is 2. The van der Waals surface area contributed by atoms with Gasteiger partial charge in [-0.15, -0.1) is 0 Å². The SMILES string of the molecule is CN(CC(=O)Nc1ccc(F)cc1)CC(=O)Nc1cc(Cl)ccc1Cl. The molecular weight excluding hydrogens is 368 g/mol. The number of nitrogens with zero attached hydrogens (tertiary/aromatic N) is 1. The van der Waals surface area contributed by atoms with Gasteiger partial charge in [0.2, 0.25) is 11.8 Å². The molecule has 2 aromatic rings. The summed E-state index contributed by atoms with van der Waals surface area (Å²) in [4.78, 5) is 25.5. The van der Waals surface area contributed by atoms with E-state index in [1.807, 2.05) is 0 Å². The molecule has 0 saturated carbocycles. The summed E-state index contributed by atoms with van der Waals surface area (Å²) in [6.45, 7) is -0.0201. The molecule has 8 heteroatoms. The summed E-state index contributed by atoms with van der Waals surface area (Å²) in [6.07, 6.45) is 0. The zero-order valence-corrected chi connectivity index (χ0v) is 14.9. The van der Waals surface area contributed by atoms with Gasteiger partial charge in [0.15, 0.2) is 0 Å². The molecular formula is C17H16Cl2FN3O2. The van der Waals surface area contributed by atoms with Crippen molar-refractivity contribution in [3.05, 3.63) is 58.3 Å². The van der Waals surface area contributed by atoms with E-state index in [1.165, 1.54) is 29.2 Å². The Kier molecular flexibility index (Phi) is 6.75. The minimum Gasteiger partial charge on any atom is -0.325 e. The second-order valence-corrected chi connectivity index (χ2v) is 6.24. The van der Waals surface area contributed by atoms with E-state index < -0.39 is 0 Å². The van der Waals surface area contributed by atoms with Crippen LogP contribution in [0.2, 0.25) is 10.0 Å². The van der Waals surface area contributed by atoms with E-state index in [-0.39, 0.29) is 30.7 Å². The third-order valence-electron chi connectivity index (χ3n) is 3.16. The molecule has 0 aliphatic carbocycles. The fourth-order valence-corrected chi connectivity index (χ4v) is 2.40. The lowest BCUT2D eigenvalue weighted by molar-refractivity contribution is -0.119. The maximum atomic E-state index is 12.8. The Morgan fingerprint density at radius 2 is 1.60 bits per heavy atom. The van der Waals surface area contributed by atoms with Gasteiger partial charge in [-0.3, -0.25) is 14.5 Å². The molecule has 0 saturated heterocycles. The van der Waals surface area contributed by atoms with Crippen molar-refractivity contribution in [2.45, 2.75) is 0 Å². The number of benzene rings is 2. The Morgan fingerprint density at radius 1 is 1.00 bits per heavy atom. The van der Waals surface area contributed by atoms with Crippen molar-refractivity contribution in [1.29, 1.82) is 0 Å². The van der Waals surface area contributed by atoms with Crippen molar-refractivity contribution < 1.29 is 14.0 Å². The van der Waals surface area contributed by atoms with E-state index in [9.17, 15) is 14.0 Å². The maximum absolute atomic E-state index is 12.8. The topological polar surface area (TPSA) is 61.4 Å². The first kappa shape index (κ1) is 19.2. The predicted octanol–water partition coefficient (Wildman–Crippen LogP) is 3.64. The van der Waals surface area contributed by atoms with Crippen molar-refractivity contribution in [2.75, 3.05) is 30.8 Å². The van der Waals surface area contributed by atoms with Crippen LogP contribution in [0.15, 0.2) is 42.5 Å². The van der Waals surface area contributed by atoms with Gasteiger partial charge in [-0.05, 0) is 49.5 Å². The summed E-state index contributed by atoms with van der Waals surface area (Å²) in [7, 11) is 1.63. The van der Waals surface area contributed by atoms with Crippen LogP contribution in [0.25, 0.3) is 0 Å². The number of likely N-dealkylation sites (N-methyl/N-ethyl adjacent to an activating group) is 1. The van der Waals surface area contributed by atoms with Gasteiger partial charge in [-0.25, -0.2) is 4.39 Å². The molecule has 132 valence electrons. The Bertz CT molecular complexity index is 769. The maximum Gasteiger partial charge on any atom is 0.238 e. The van der Waals surface area contributed by atoms with Gasteiger partial charge >= 0.3 is 0 Å². The molecule has 0 aromatic heterocycles. The van der Waals surface area contributed by atoms with Crippen molar-refractivity contribution in [3.8, 4) is 0 Å². The Labute approximate surface area is 154 Å². The summed E-state index contributed by atoms with van der Waals surface area (Å²) in [5.74, 6) is -1.03. The lowest BCUT2D eigenvalue weighted by atomic mass is 10.3. The predicted molar refractivity (Wildman–Crippen MR) is 97.6 cm³/mol. The molecule has 0 aliphatic rings. The van der Waals surface area contributed by atoms with Crippen LogP contribution in [0.1, 0.15) is 0 Å². The second-order valence-electron chi connectivity index (χ2n) is 5.40. The zero-order chi connectivity index (χ0) is 18.4.